The van der Waals surface area contributed by atoms with Gasteiger partial charge in [-0.15, -0.1) is 0 Å². The van der Waals surface area contributed by atoms with Crippen LogP contribution in [0.2, 0.25) is 0 Å². The van der Waals surface area contributed by atoms with Gasteiger partial charge < -0.3 is 19.7 Å². The number of urea groups is 1. The maximum absolute atomic E-state index is 12.0. The van der Waals surface area contributed by atoms with E-state index in [1.165, 1.54) is 5.56 Å². The average Bonchev–Trinajstić information content (AvgIpc) is 2.63. The van der Waals surface area contributed by atoms with Gasteiger partial charge in [-0.2, -0.15) is 0 Å². The summed E-state index contributed by atoms with van der Waals surface area (Å²) in [5, 5.41) is 2.88. The third kappa shape index (κ3) is 5.69. The third-order valence-electron chi connectivity index (χ3n) is 4.35. The van der Waals surface area contributed by atoms with Gasteiger partial charge in [-0.1, -0.05) is 18.2 Å². The molecule has 1 aliphatic rings. The average molecular weight is 335 g/mol. The van der Waals surface area contributed by atoms with Crippen LogP contribution >= 0.6 is 0 Å². The highest BCUT2D eigenvalue weighted by atomic mass is 16.5. The minimum atomic E-state index is 0.0146. The molecule has 2 rings (SSSR count). The number of piperazine rings is 1. The van der Waals surface area contributed by atoms with Crippen molar-refractivity contribution in [2.45, 2.75) is 12.8 Å². The molecule has 24 heavy (non-hydrogen) atoms. The van der Waals surface area contributed by atoms with Gasteiger partial charge >= 0.3 is 6.03 Å². The minimum absolute atomic E-state index is 0.0146. The predicted octanol–water partition coefficient (Wildman–Crippen LogP) is 1.60. The molecule has 6 nitrogen and oxygen atoms in total. The van der Waals surface area contributed by atoms with Crippen molar-refractivity contribution >= 4 is 6.03 Å². The summed E-state index contributed by atoms with van der Waals surface area (Å²) in [5.74, 6) is 0.968. The number of para-hydroxylation sites is 1. The van der Waals surface area contributed by atoms with Crippen molar-refractivity contribution < 1.29 is 14.3 Å². The first-order valence-corrected chi connectivity index (χ1v) is 8.60. The molecule has 134 valence electrons. The third-order valence-corrected chi connectivity index (χ3v) is 4.35. The fourth-order valence-electron chi connectivity index (χ4n) is 2.95. The molecule has 0 unspecified atom stereocenters. The lowest BCUT2D eigenvalue weighted by Gasteiger charge is -2.34. The molecule has 6 heteroatoms. The summed E-state index contributed by atoms with van der Waals surface area (Å²) in [6, 6.07) is 8.20. The largest absolute Gasteiger partial charge is 0.496 e. The molecule has 0 aromatic heterocycles. The van der Waals surface area contributed by atoms with Gasteiger partial charge in [-0.25, -0.2) is 4.79 Å². The van der Waals surface area contributed by atoms with Gasteiger partial charge in [0.2, 0.25) is 0 Å². The summed E-state index contributed by atoms with van der Waals surface area (Å²) in [6.45, 7) is 5.61. The number of nitrogens with zero attached hydrogens (tertiary/aromatic N) is 2. The summed E-state index contributed by atoms with van der Waals surface area (Å²) >= 11 is 0. The van der Waals surface area contributed by atoms with Crippen LogP contribution in [0.25, 0.3) is 0 Å². The number of methoxy groups -OCH3 is 2. The number of benzene rings is 1. The molecule has 1 N–H and O–H groups in total. The van der Waals surface area contributed by atoms with Crippen LogP contribution in [0.5, 0.6) is 5.75 Å². The van der Waals surface area contributed by atoms with Gasteiger partial charge in [0.25, 0.3) is 0 Å². The van der Waals surface area contributed by atoms with Crippen LogP contribution in [0.15, 0.2) is 24.3 Å². The lowest BCUT2D eigenvalue weighted by Crippen LogP contribution is -2.52. The van der Waals surface area contributed by atoms with E-state index in [4.69, 9.17) is 9.47 Å². The van der Waals surface area contributed by atoms with Crippen molar-refractivity contribution in [2.75, 3.05) is 60.1 Å². The van der Waals surface area contributed by atoms with Gasteiger partial charge in [-0.05, 0) is 31.0 Å². The summed E-state index contributed by atoms with van der Waals surface area (Å²) in [5.41, 5.74) is 1.26. The highest BCUT2D eigenvalue weighted by Gasteiger charge is 2.20. The van der Waals surface area contributed by atoms with E-state index < -0.39 is 0 Å². The van der Waals surface area contributed by atoms with Crippen molar-refractivity contribution in [1.82, 2.24) is 15.1 Å². The monoisotopic (exact) mass is 335 g/mol. The van der Waals surface area contributed by atoms with Gasteiger partial charge in [0.15, 0.2) is 0 Å². The summed E-state index contributed by atoms with van der Waals surface area (Å²) in [7, 11) is 3.35. The first-order chi connectivity index (χ1) is 11.7. The Hall–Kier alpha value is -1.79. The normalized spacial score (nSPS) is 15.3. The smallest absolute Gasteiger partial charge is 0.317 e. The van der Waals surface area contributed by atoms with Crippen LogP contribution in [0, 0.1) is 0 Å². The fourth-order valence-corrected chi connectivity index (χ4v) is 2.95. The zero-order chi connectivity index (χ0) is 17.2. The molecule has 0 atom stereocenters. The molecule has 1 saturated heterocycles. The van der Waals surface area contributed by atoms with Crippen LogP contribution < -0.4 is 10.1 Å². The highest BCUT2D eigenvalue weighted by Crippen LogP contribution is 2.19. The number of carbonyl (C=O) groups is 1. The lowest BCUT2D eigenvalue weighted by molar-refractivity contribution is 0.135. The maximum atomic E-state index is 12.0. The zero-order valence-corrected chi connectivity index (χ0v) is 14.8. The minimum Gasteiger partial charge on any atom is -0.496 e. The van der Waals surface area contributed by atoms with Crippen molar-refractivity contribution in [2.24, 2.45) is 0 Å². The second-order valence-corrected chi connectivity index (χ2v) is 5.97. The van der Waals surface area contributed by atoms with Crippen molar-refractivity contribution in [1.29, 1.82) is 0 Å². The number of amides is 2. The van der Waals surface area contributed by atoms with E-state index in [0.29, 0.717) is 13.2 Å². The quantitative estimate of drug-likeness (QED) is 0.733. The van der Waals surface area contributed by atoms with Crippen molar-refractivity contribution in [3.05, 3.63) is 29.8 Å². The Balaban J connectivity index is 1.65. The van der Waals surface area contributed by atoms with Gasteiger partial charge in [0.1, 0.15) is 5.75 Å². The van der Waals surface area contributed by atoms with E-state index in [1.807, 2.05) is 17.0 Å². The van der Waals surface area contributed by atoms with Crippen molar-refractivity contribution in [3.63, 3.8) is 0 Å². The Morgan fingerprint density at radius 3 is 2.62 bits per heavy atom. The predicted molar refractivity (Wildman–Crippen MR) is 94.6 cm³/mol. The molecule has 1 aromatic carbocycles. The van der Waals surface area contributed by atoms with E-state index >= 15 is 0 Å². The molecule has 2 amide bonds. The fraction of sp³-hybridized carbons (Fsp3) is 0.611. The molecule has 0 spiro atoms. The van der Waals surface area contributed by atoms with E-state index in [1.54, 1.807) is 14.2 Å². The SMILES string of the molecule is COCCNC(=O)N1CCN(CCCc2ccccc2OC)CC1. The number of hydrogen-bond donors (Lipinski definition) is 1. The Labute approximate surface area is 144 Å². The second kappa shape index (κ2) is 10.2. The molecule has 1 heterocycles. The van der Waals surface area contributed by atoms with E-state index in [0.717, 1.165) is 51.3 Å². The summed E-state index contributed by atoms with van der Waals surface area (Å²) < 4.78 is 10.3. The van der Waals surface area contributed by atoms with E-state index in [9.17, 15) is 4.79 Å². The molecule has 1 aromatic rings. The number of aryl methyl sites for hydroxylation is 1. The number of rotatable bonds is 8. The van der Waals surface area contributed by atoms with Crippen LogP contribution in [0.4, 0.5) is 4.79 Å². The zero-order valence-electron chi connectivity index (χ0n) is 14.8. The second-order valence-electron chi connectivity index (χ2n) is 5.97. The molecule has 0 bridgehead atoms. The van der Waals surface area contributed by atoms with Gasteiger partial charge in [0.05, 0.1) is 13.7 Å². The first kappa shape index (κ1) is 18.5. The molecule has 1 fully saturated rings. The Bertz CT molecular complexity index is 502. The maximum Gasteiger partial charge on any atom is 0.317 e. The van der Waals surface area contributed by atoms with Crippen molar-refractivity contribution in [3.8, 4) is 5.75 Å². The number of carbonyl (C=O) groups excluding carboxylic acids is 1. The van der Waals surface area contributed by atoms with Crippen LogP contribution in [-0.4, -0.2) is 75.9 Å². The molecule has 1 aliphatic heterocycles. The van der Waals surface area contributed by atoms with Crippen LogP contribution in [0.3, 0.4) is 0 Å². The number of hydrogen-bond acceptors (Lipinski definition) is 4. The van der Waals surface area contributed by atoms with Gasteiger partial charge in [-0.3, -0.25) is 4.90 Å². The summed E-state index contributed by atoms with van der Waals surface area (Å²) in [6.07, 6.45) is 2.11. The molecule has 0 radical (unpaired) electrons. The van der Waals surface area contributed by atoms with E-state index in [-0.39, 0.29) is 6.03 Å². The molecular weight excluding hydrogens is 306 g/mol. The molecular formula is C18H29N3O3. The summed E-state index contributed by atoms with van der Waals surface area (Å²) in [4.78, 5) is 16.3. The lowest BCUT2D eigenvalue weighted by atomic mass is 10.1. The number of nitrogens with one attached hydrogen (secondary N) is 1. The Morgan fingerprint density at radius 1 is 1.17 bits per heavy atom. The highest BCUT2D eigenvalue weighted by molar-refractivity contribution is 5.74. The van der Waals surface area contributed by atoms with E-state index in [2.05, 4.69) is 22.3 Å². The standard InChI is InChI=1S/C18H29N3O3/c1-23-15-9-19-18(22)21-13-11-20(12-14-21)10-5-7-16-6-3-4-8-17(16)24-2/h3-4,6,8H,5,7,9-15H2,1-2H3,(H,19,22). The van der Waals surface area contributed by atoms with Gasteiger partial charge in [0, 0.05) is 39.8 Å². The Morgan fingerprint density at radius 2 is 1.92 bits per heavy atom. The van der Waals surface area contributed by atoms with Crippen LogP contribution in [0.1, 0.15) is 12.0 Å². The first-order valence-electron chi connectivity index (χ1n) is 8.60. The van der Waals surface area contributed by atoms with Crippen LogP contribution in [-0.2, 0) is 11.2 Å². The Kier molecular flexibility index (Phi) is 7.85. The number of ether oxygens (including phenoxy) is 2. The topological polar surface area (TPSA) is 54.0 Å². The molecule has 0 aliphatic carbocycles. The molecule has 0 saturated carbocycles.